The van der Waals surface area contributed by atoms with Crippen LogP contribution in [-0.4, -0.2) is 48.2 Å². The molecule has 15 heavy (non-hydrogen) atoms. The van der Waals surface area contributed by atoms with Crippen molar-refractivity contribution in [1.82, 2.24) is 5.32 Å². The minimum atomic E-state index is -0.540. The van der Waals surface area contributed by atoms with E-state index < -0.39 is 5.54 Å². The molecule has 3 N–H and O–H groups in total. The normalized spacial score (nSPS) is 24.4. The summed E-state index contributed by atoms with van der Waals surface area (Å²) >= 11 is 0. The van der Waals surface area contributed by atoms with Gasteiger partial charge in [0.1, 0.15) is 0 Å². The highest BCUT2D eigenvalue weighted by Gasteiger charge is 2.31. The molecule has 1 aliphatic rings. The molecule has 1 rings (SSSR count). The summed E-state index contributed by atoms with van der Waals surface area (Å²) in [6, 6.07) is 0.270. The maximum Gasteiger partial charge on any atom is 0.0647 e. The van der Waals surface area contributed by atoms with Crippen molar-refractivity contribution < 1.29 is 14.9 Å². The molecule has 0 aliphatic carbocycles. The van der Waals surface area contributed by atoms with Crippen LogP contribution in [-0.2, 0) is 4.74 Å². The van der Waals surface area contributed by atoms with Gasteiger partial charge in [-0.1, -0.05) is 6.92 Å². The Bertz CT molecular complexity index is 168. The molecule has 0 spiro atoms. The topological polar surface area (TPSA) is 61.7 Å². The second kappa shape index (κ2) is 5.80. The predicted octanol–water partition coefficient (Wildman–Crippen LogP) is 0.134. The van der Waals surface area contributed by atoms with Crippen molar-refractivity contribution in [3.8, 4) is 0 Å². The van der Waals surface area contributed by atoms with Crippen LogP contribution in [0, 0.1) is 5.92 Å². The van der Waals surface area contributed by atoms with E-state index in [1.165, 1.54) is 0 Å². The average molecular weight is 217 g/mol. The Hall–Kier alpha value is -0.160. The summed E-state index contributed by atoms with van der Waals surface area (Å²) in [5.74, 6) is 0.494. The predicted molar refractivity (Wildman–Crippen MR) is 58.7 cm³/mol. The van der Waals surface area contributed by atoms with Crippen LogP contribution in [0.15, 0.2) is 0 Å². The van der Waals surface area contributed by atoms with Crippen molar-refractivity contribution in [2.75, 3.05) is 26.4 Å². The summed E-state index contributed by atoms with van der Waals surface area (Å²) in [6.07, 6.45) is 1.78. The number of aliphatic hydroxyl groups excluding tert-OH is 2. The molecular weight excluding hydrogens is 194 g/mol. The van der Waals surface area contributed by atoms with E-state index in [-0.39, 0.29) is 19.3 Å². The minimum absolute atomic E-state index is 0.0298. The molecule has 4 heteroatoms. The van der Waals surface area contributed by atoms with E-state index in [1.807, 2.05) is 6.92 Å². The Morgan fingerprint density at radius 2 is 2.13 bits per heavy atom. The maximum atomic E-state index is 9.31. The number of rotatable bonds is 6. The summed E-state index contributed by atoms with van der Waals surface area (Å²) < 4.78 is 5.33. The number of hydrogen-bond acceptors (Lipinski definition) is 4. The van der Waals surface area contributed by atoms with E-state index in [2.05, 4.69) is 12.2 Å². The van der Waals surface area contributed by atoms with E-state index in [0.717, 1.165) is 26.1 Å². The molecule has 0 radical (unpaired) electrons. The molecule has 1 fully saturated rings. The molecular formula is C11H23NO3. The van der Waals surface area contributed by atoms with Gasteiger partial charge in [-0.15, -0.1) is 0 Å². The minimum Gasteiger partial charge on any atom is -0.394 e. The summed E-state index contributed by atoms with van der Waals surface area (Å²) in [7, 11) is 0. The molecule has 1 saturated heterocycles. The van der Waals surface area contributed by atoms with Gasteiger partial charge in [-0.3, -0.25) is 0 Å². The molecule has 2 atom stereocenters. The lowest BCUT2D eigenvalue weighted by molar-refractivity contribution is 0.0699. The summed E-state index contributed by atoms with van der Waals surface area (Å²) in [5, 5.41) is 22.0. The molecule has 0 aromatic rings. The Morgan fingerprint density at radius 1 is 1.47 bits per heavy atom. The lowest BCUT2D eigenvalue weighted by Crippen LogP contribution is -2.56. The fourth-order valence-corrected chi connectivity index (χ4v) is 2.01. The van der Waals surface area contributed by atoms with Gasteiger partial charge in [0.25, 0.3) is 0 Å². The fraction of sp³-hybridized carbons (Fsp3) is 1.00. The van der Waals surface area contributed by atoms with Crippen molar-refractivity contribution in [2.45, 2.75) is 38.3 Å². The van der Waals surface area contributed by atoms with Crippen LogP contribution in [0.25, 0.3) is 0 Å². The summed E-state index contributed by atoms with van der Waals surface area (Å²) in [6.45, 7) is 5.61. The van der Waals surface area contributed by atoms with Crippen molar-refractivity contribution >= 4 is 0 Å². The zero-order valence-corrected chi connectivity index (χ0v) is 9.70. The van der Waals surface area contributed by atoms with Gasteiger partial charge in [0.2, 0.25) is 0 Å². The van der Waals surface area contributed by atoms with Gasteiger partial charge in [-0.25, -0.2) is 0 Å². The quantitative estimate of drug-likeness (QED) is 0.592. The highest BCUT2D eigenvalue weighted by Crippen LogP contribution is 2.19. The van der Waals surface area contributed by atoms with Crippen LogP contribution >= 0.6 is 0 Å². The van der Waals surface area contributed by atoms with Gasteiger partial charge in [0.15, 0.2) is 0 Å². The van der Waals surface area contributed by atoms with Crippen LogP contribution in [0.5, 0.6) is 0 Å². The number of aliphatic hydroxyl groups is 2. The van der Waals surface area contributed by atoms with Crippen molar-refractivity contribution in [2.24, 2.45) is 5.92 Å². The van der Waals surface area contributed by atoms with Crippen LogP contribution in [0.2, 0.25) is 0 Å². The molecule has 4 nitrogen and oxygen atoms in total. The second-order valence-corrected chi connectivity index (χ2v) is 4.51. The third kappa shape index (κ3) is 3.14. The van der Waals surface area contributed by atoms with Gasteiger partial charge in [0.05, 0.1) is 25.4 Å². The zero-order valence-electron chi connectivity index (χ0n) is 9.70. The maximum absolute atomic E-state index is 9.31. The first-order valence-electron chi connectivity index (χ1n) is 5.74. The Kier molecular flexibility index (Phi) is 4.99. The Balaban J connectivity index is 2.49. The lowest BCUT2D eigenvalue weighted by Gasteiger charge is -2.35. The zero-order chi connectivity index (χ0) is 11.3. The van der Waals surface area contributed by atoms with E-state index in [1.54, 1.807) is 0 Å². The first-order chi connectivity index (χ1) is 7.17. The molecule has 1 heterocycles. The third-order valence-electron chi connectivity index (χ3n) is 3.49. The fourth-order valence-electron chi connectivity index (χ4n) is 2.01. The number of hydrogen-bond donors (Lipinski definition) is 3. The lowest BCUT2D eigenvalue weighted by atomic mass is 9.93. The standard InChI is InChI=1S/C11H23NO3/c1-3-11(7-13,8-14)12-9(2)10-4-5-15-6-10/h9-10,12-14H,3-8H2,1-2H3. The van der Waals surface area contributed by atoms with Gasteiger partial charge in [-0.05, 0) is 25.7 Å². The average Bonchev–Trinajstić information content (AvgIpc) is 2.79. The summed E-state index contributed by atoms with van der Waals surface area (Å²) in [5.41, 5.74) is -0.540. The molecule has 0 bridgehead atoms. The first kappa shape index (κ1) is 12.9. The highest BCUT2D eigenvalue weighted by atomic mass is 16.5. The van der Waals surface area contributed by atoms with Crippen molar-refractivity contribution in [3.63, 3.8) is 0 Å². The molecule has 0 aromatic heterocycles. The van der Waals surface area contributed by atoms with E-state index in [4.69, 9.17) is 4.74 Å². The van der Waals surface area contributed by atoms with Crippen LogP contribution in [0.4, 0.5) is 0 Å². The Morgan fingerprint density at radius 3 is 2.53 bits per heavy atom. The van der Waals surface area contributed by atoms with Crippen molar-refractivity contribution in [3.05, 3.63) is 0 Å². The largest absolute Gasteiger partial charge is 0.394 e. The van der Waals surface area contributed by atoms with Gasteiger partial charge in [-0.2, -0.15) is 0 Å². The third-order valence-corrected chi connectivity index (χ3v) is 3.49. The smallest absolute Gasteiger partial charge is 0.0647 e. The molecule has 0 saturated carbocycles. The second-order valence-electron chi connectivity index (χ2n) is 4.51. The number of nitrogens with one attached hydrogen (secondary N) is 1. The van der Waals surface area contributed by atoms with Gasteiger partial charge < -0.3 is 20.3 Å². The monoisotopic (exact) mass is 217 g/mol. The van der Waals surface area contributed by atoms with Crippen LogP contribution in [0.3, 0.4) is 0 Å². The van der Waals surface area contributed by atoms with E-state index in [0.29, 0.717) is 5.92 Å². The molecule has 0 amide bonds. The van der Waals surface area contributed by atoms with E-state index >= 15 is 0 Å². The van der Waals surface area contributed by atoms with E-state index in [9.17, 15) is 10.2 Å². The molecule has 90 valence electrons. The van der Waals surface area contributed by atoms with Crippen LogP contribution < -0.4 is 5.32 Å². The molecule has 2 unspecified atom stereocenters. The molecule has 1 aliphatic heterocycles. The van der Waals surface area contributed by atoms with Crippen LogP contribution in [0.1, 0.15) is 26.7 Å². The Labute approximate surface area is 91.6 Å². The highest BCUT2D eigenvalue weighted by molar-refractivity contribution is 4.90. The van der Waals surface area contributed by atoms with Gasteiger partial charge >= 0.3 is 0 Å². The summed E-state index contributed by atoms with van der Waals surface area (Å²) in [4.78, 5) is 0. The van der Waals surface area contributed by atoms with Gasteiger partial charge in [0, 0.05) is 12.6 Å². The number of ether oxygens (including phenoxy) is 1. The molecule has 0 aromatic carbocycles. The first-order valence-corrected chi connectivity index (χ1v) is 5.74. The SMILES string of the molecule is CCC(CO)(CO)NC(C)C1CCOC1. The van der Waals surface area contributed by atoms with Crippen molar-refractivity contribution in [1.29, 1.82) is 0 Å².